The van der Waals surface area contributed by atoms with Crippen molar-refractivity contribution in [3.8, 4) is 0 Å². The summed E-state index contributed by atoms with van der Waals surface area (Å²) in [6, 6.07) is 8.12. The molecule has 6 nitrogen and oxygen atoms in total. The first-order valence-corrected chi connectivity index (χ1v) is 10.2. The third kappa shape index (κ3) is 8.31. The van der Waals surface area contributed by atoms with Gasteiger partial charge >= 0.3 is 0 Å². The Morgan fingerprint density at radius 1 is 1.29 bits per heavy atom. The summed E-state index contributed by atoms with van der Waals surface area (Å²) < 4.78 is 28.0. The first kappa shape index (κ1) is 20.4. The maximum Gasteiger partial charge on any atom is 0.191 e. The lowest BCUT2D eigenvalue weighted by Crippen LogP contribution is -2.42. The van der Waals surface area contributed by atoms with Gasteiger partial charge in [0.2, 0.25) is 0 Å². The van der Waals surface area contributed by atoms with E-state index in [4.69, 9.17) is 4.74 Å². The molecular weight excluding hydrogens is 326 g/mol. The molecule has 0 saturated carbocycles. The van der Waals surface area contributed by atoms with Crippen LogP contribution in [0.1, 0.15) is 31.4 Å². The van der Waals surface area contributed by atoms with Crippen LogP contribution in [0, 0.1) is 0 Å². The number of sulfone groups is 1. The molecule has 1 rings (SSSR count). The Morgan fingerprint density at radius 2 is 1.96 bits per heavy atom. The summed E-state index contributed by atoms with van der Waals surface area (Å²) in [6.07, 6.45) is 1.79. The van der Waals surface area contributed by atoms with Gasteiger partial charge in [0.25, 0.3) is 0 Å². The smallest absolute Gasteiger partial charge is 0.191 e. The molecule has 1 aromatic carbocycles. The molecule has 0 aliphatic rings. The number of guanidine groups is 1. The molecule has 0 radical (unpaired) electrons. The average Bonchev–Trinajstić information content (AvgIpc) is 2.55. The van der Waals surface area contributed by atoms with Gasteiger partial charge in [-0.15, -0.1) is 0 Å². The van der Waals surface area contributed by atoms with E-state index in [0.717, 1.165) is 11.1 Å². The van der Waals surface area contributed by atoms with Gasteiger partial charge in [0.05, 0.1) is 12.4 Å². The summed E-state index contributed by atoms with van der Waals surface area (Å²) in [6.45, 7) is 5.82. The summed E-state index contributed by atoms with van der Waals surface area (Å²) in [5.74, 6) is 0.817. The predicted octanol–water partition coefficient (Wildman–Crippen LogP) is 1.71. The van der Waals surface area contributed by atoms with Gasteiger partial charge in [0.1, 0.15) is 9.84 Å². The van der Waals surface area contributed by atoms with E-state index in [-0.39, 0.29) is 11.8 Å². The fourth-order valence-corrected chi connectivity index (χ4v) is 2.93. The Hall–Kier alpha value is -1.60. The van der Waals surface area contributed by atoms with Crippen LogP contribution in [0.3, 0.4) is 0 Å². The molecule has 1 atom stereocenters. The van der Waals surface area contributed by atoms with E-state index in [1.54, 1.807) is 7.05 Å². The molecule has 24 heavy (non-hydrogen) atoms. The summed E-state index contributed by atoms with van der Waals surface area (Å²) in [5, 5.41) is 6.48. The third-order valence-electron chi connectivity index (χ3n) is 3.55. The zero-order chi connectivity index (χ0) is 18.0. The number of rotatable bonds is 9. The maximum absolute atomic E-state index is 11.2. The van der Waals surface area contributed by atoms with Crippen LogP contribution in [0.25, 0.3) is 0 Å². The fourth-order valence-electron chi connectivity index (χ4n) is 2.15. The van der Waals surface area contributed by atoms with Crippen molar-refractivity contribution in [3.63, 3.8) is 0 Å². The summed E-state index contributed by atoms with van der Waals surface area (Å²) >= 11 is 0. The Bertz CT molecular complexity index is 630. The molecular formula is C17H29N3O3S. The van der Waals surface area contributed by atoms with Crippen LogP contribution in [0.5, 0.6) is 0 Å². The number of ether oxygens (including phenoxy) is 1. The minimum atomic E-state index is -2.95. The van der Waals surface area contributed by atoms with E-state index in [1.165, 1.54) is 6.26 Å². The van der Waals surface area contributed by atoms with Crippen molar-refractivity contribution >= 4 is 15.8 Å². The average molecular weight is 356 g/mol. The highest BCUT2D eigenvalue weighted by Crippen LogP contribution is 2.10. The summed E-state index contributed by atoms with van der Waals surface area (Å²) in [7, 11) is -1.25. The first-order valence-electron chi connectivity index (χ1n) is 8.15. The van der Waals surface area contributed by atoms with Crippen molar-refractivity contribution in [1.82, 2.24) is 10.6 Å². The molecule has 0 heterocycles. The van der Waals surface area contributed by atoms with Crippen molar-refractivity contribution in [2.45, 2.75) is 39.5 Å². The Morgan fingerprint density at radius 3 is 2.54 bits per heavy atom. The number of aliphatic imine (C=N–C) groups is 1. The molecule has 136 valence electrons. The van der Waals surface area contributed by atoms with Gasteiger partial charge in [-0.1, -0.05) is 24.3 Å². The molecule has 0 aliphatic carbocycles. The summed E-state index contributed by atoms with van der Waals surface area (Å²) in [4.78, 5) is 4.19. The predicted molar refractivity (Wildman–Crippen MR) is 98.9 cm³/mol. The monoisotopic (exact) mass is 355 g/mol. The van der Waals surface area contributed by atoms with Crippen LogP contribution >= 0.6 is 0 Å². The van der Waals surface area contributed by atoms with Crippen LogP contribution < -0.4 is 10.6 Å². The van der Waals surface area contributed by atoms with Crippen LogP contribution in [0.15, 0.2) is 29.3 Å². The van der Waals surface area contributed by atoms with E-state index in [1.807, 2.05) is 26.0 Å². The molecule has 7 heteroatoms. The van der Waals surface area contributed by atoms with E-state index in [9.17, 15) is 8.42 Å². The van der Waals surface area contributed by atoms with Gasteiger partial charge in [-0.25, -0.2) is 8.42 Å². The zero-order valence-corrected chi connectivity index (χ0v) is 15.8. The second-order valence-corrected chi connectivity index (χ2v) is 8.06. The van der Waals surface area contributed by atoms with E-state index < -0.39 is 9.84 Å². The molecule has 1 unspecified atom stereocenters. The van der Waals surface area contributed by atoms with Crippen LogP contribution in [0.2, 0.25) is 0 Å². The van der Waals surface area contributed by atoms with Gasteiger partial charge in [-0.3, -0.25) is 4.99 Å². The highest BCUT2D eigenvalue weighted by Gasteiger charge is 2.10. The van der Waals surface area contributed by atoms with Crippen molar-refractivity contribution in [1.29, 1.82) is 0 Å². The lowest BCUT2D eigenvalue weighted by molar-refractivity contribution is 0.133. The van der Waals surface area contributed by atoms with Crippen LogP contribution in [0.4, 0.5) is 0 Å². The number of hydrogen-bond donors (Lipinski definition) is 2. The number of nitrogens with one attached hydrogen (secondary N) is 2. The quantitative estimate of drug-likeness (QED) is 0.521. The molecule has 0 fully saturated rings. The molecule has 1 aromatic rings. The lowest BCUT2D eigenvalue weighted by atomic mass is 10.1. The lowest BCUT2D eigenvalue weighted by Gasteiger charge is -2.18. The second-order valence-electron chi connectivity index (χ2n) is 5.80. The molecule has 0 aliphatic heterocycles. The topological polar surface area (TPSA) is 79.8 Å². The van der Waals surface area contributed by atoms with Crippen molar-refractivity contribution in [3.05, 3.63) is 35.4 Å². The minimum absolute atomic E-state index is 0.0181. The van der Waals surface area contributed by atoms with E-state index in [0.29, 0.717) is 32.1 Å². The van der Waals surface area contributed by atoms with Gasteiger partial charge < -0.3 is 15.4 Å². The molecule has 0 amide bonds. The van der Waals surface area contributed by atoms with Crippen LogP contribution in [-0.4, -0.2) is 46.1 Å². The van der Waals surface area contributed by atoms with E-state index in [2.05, 4.69) is 27.8 Å². The molecule has 0 saturated heterocycles. The second kappa shape index (κ2) is 10.3. The van der Waals surface area contributed by atoms with Crippen molar-refractivity contribution in [2.24, 2.45) is 4.99 Å². The standard InChI is InChI=1S/C17H29N3O3S/c1-5-23-13-16-9-7-6-8-15(16)12-19-17(18-3)20-14(2)10-11-24(4,21)22/h6-9,14H,5,10-13H2,1-4H3,(H2,18,19,20). The van der Waals surface area contributed by atoms with E-state index >= 15 is 0 Å². The fraction of sp³-hybridized carbons (Fsp3) is 0.588. The van der Waals surface area contributed by atoms with Gasteiger partial charge in [-0.2, -0.15) is 0 Å². The maximum atomic E-state index is 11.2. The normalized spacial score (nSPS) is 13.6. The molecule has 2 N–H and O–H groups in total. The zero-order valence-electron chi connectivity index (χ0n) is 15.0. The Kier molecular flexibility index (Phi) is 8.78. The largest absolute Gasteiger partial charge is 0.377 e. The van der Waals surface area contributed by atoms with Gasteiger partial charge in [0, 0.05) is 32.5 Å². The van der Waals surface area contributed by atoms with Gasteiger partial charge in [-0.05, 0) is 31.4 Å². The Balaban J connectivity index is 2.55. The van der Waals surface area contributed by atoms with Crippen molar-refractivity contribution in [2.75, 3.05) is 25.7 Å². The molecule has 0 spiro atoms. The third-order valence-corrected chi connectivity index (χ3v) is 4.53. The van der Waals surface area contributed by atoms with Gasteiger partial charge in [0.15, 0.2) is 5.96 Å². The van der Waals surface area contributed by atoms with Crippen LogP contribution in [-0.2, 0) is 27.7 Å². The number of nitrogens with zero attached hydrogens (tertiary/aromatic N) is 1. The highest BCUT2D eigenvalue weighted by molar-refractivity contribution is 7.90. The highest BCUT2D eigenvalue weighted by atomic mass is 32.2. The number of hydrogen-bond acceptors (Lipinski definition) is 4. The molecule has 0 aromatic heterocycles. The summed E-state index contributed by atoms with van der Waals surface area (Å²) in [5.41, 5.74) is 2.30. The SMILES string of the molecule is CCOCc1ccccc1CNC(=NC)NC(C)CCS(C)(=O)=O. The Labute approximate surface area is 145 Å². The number of benzene rings is 1. The molecule has 0 bridgehead atoms. The minimum Gasteiger partial charge on any atom is -0.377 e. The first-order chi connectivity index (χ1) is 11.4. The van der Waals surface area contributed by atoms with Crippen molar-refractivity contribution < 1.29 is 13.2 Å².